The summed E-state index contributed by atoms with van der Waals surface area (Å²) in [5.41, 5.74) is 2.37. The highest BCUT2D eigenvalue weighted by Crippen LogP contribution is 2.36. The fourth-order valence-electron chi connectivity index (χ4n) is 3.05. The van der Waals surface area contributed by atoms with Crippen molar-refractivity contribution in [2.45, 2.75) is 12.8 Å². The van der Waals surface area contributed by atoms with Crippen LogP contribution in [-0.4, -0.2) is 36.2 Å². The molecule has 0 aliphatic heterocycles. The molecule has 0 amide bonds. The molecule has 0 saturated carbocycles. The van der Waals surface area contributed by atoms with Crippen molar-refractivity contribution in [2.75, 3.05) is 14.2 Å². The highest BCUT2D eigenvalue weighted by atomic mass is 16.5. The molecule has 0 unspecified atom stereocenters. The number of rotatable bonds is 4. The van der Waals surface area contributed by atoms with Gasteiger partial charge in [-0.15, -0.1) is 0 Å². The van der Waals surface area contributed by atoms with Crippen LogP contribution >= 0.6 is 0 Å². The van der Waals surface area contributed by atoms with Crippen LogP contribution in [-0.2, 0) is 6.42 Å². The lowest BCUT2D eigenvalue weighted by Gasteiger charge is -2.20. The van der Waals surface area contributed by atoms with Gasteiger partial charge in [0, 0.05) is 11.1 Å². The second kappa shape index (κ2) is 6.92. The van der Waals surface area contributed by atoms with Crippen molar-refractivity contribution in [1.29, 1.82) is 0 Å². The smallest absolute Gasteiger partial charge is 0.339 e. The van der Waals surface area contributed by atoms with Gasteiger partial charge in [0.25, 0.3) is 0 Å². The highest BCUT2D eigenvalue weighted by Gasteiger charge is 2.24. The van der Waals surface area contributed by atoms with Gasteiger partial charge in [0.15, 0.2) is 17.3 Å². The number of carbonyl (C=O) groups is 2. The molecule has 0 spiro atoms. The van der Waals surface area contributed by atoms with Crippen LogP contribution < -0.4 is 9.47 Å². The van der Waals surface area contributed by atoms with E-state index >= 15 is 0 Å². The number of carbonyl (C=O) groups excluding carboxylic acids is 1. The third kappa shape index (κ3) is 3.13. The lowest BCUT2D eigenvalue weighted by atomic mass is 9.85. The number of aromatic carboxylic acids is 1. The summed E-state index contributed by atoms with van der Waals surface area (Å²) in [7, 11) is 3.06. The van der Waals surface area contributed by atoms with Crippen LogP contribution in [0.5, 0.6) is 17.2 Å². The molecule has 0 saturated heterocycles. The predicted octanol–water partition coefficient (Wildman–Crippen LogP) is 3.32. The molecule has 0 aromatic heterocycles. The first-order chi connectivity index (χ1) is 12.4. The van der Waals surface area contributed by atoms with E-state index in [0.717, 1.165) is 5.56 Å². The number of allylic oxidation sites excluding steroid dienone is 1. The summed E-state index contributed by atoms with van der Waals surface area (Å²) in [6.07, 6.45) is 2.86. The second-order valence-corrected chi connectivity index (χ2v) is 5.94. The third-order valence-corrected chi connectivity index (χ3v) is 4.40. The number of phenols is 1. The number of hydrogen-bond acceptors (Lipinski definition) is 5. The molecule has 0 atom stereocenters. The van der Waals surface area contributed by atoms with Crippen LogP contribution in [0.1, 0.15) is 38.3 Å². The van der Waals surface area contributed by atoms with Crippen molar-refractivity contribution in [3.05, 3.63) is 58.2 Å². The Morgan fingerprint density at radius 3 is 2.42 bits per heavy atom. The number of fused-ring (bicyclic) bond motifs is 1. The summed E-state index contributed by atoms with van der Waals surface area (Å²) in [4.78, 5) is 24.0. The lowest BCUT2D eigenvalue weighted by Crippen LogP contribution is -2.14. The zero-order valence-corrected chi connectivity index (χ0v) is 14.4. The standard InChI is InChI=1S/C20H18O6/c1-25-17-9-12-4-5-13(19(22)14(12)10-18(17)26-2)7-11-3-6-16(21)15(8-11)20(23)24/h3,6-10,21H,4-5H2,1-2H3,(H,23,24). The number of methoxy groups -OCH3 is 2. The van der Waals surface area contributed by atoms with E-state index in [0.29, 0.717) is 41.0 Å². The summed E-state index contributed by atoms with van der Waals surface area (Å²) in [6, 6.07) is 7.72. The molecule has 0 bridgehead atoms. The maximum atomic E-state index is 12.8. The second-order valence-electron chi connectivity index (χ2n) is 5.94. The van der Waals surface area contributed by atoms with Gasteiger partial charge in [-0.2, -0.15) is 0 Å². The van der Waals surface area contributed by atoms with E-state index in [1.165, 1.54) is 19.2 Å². The Labute approximate surface area is 150 Å². The molecule has 1 aliphatic rings. The van der Waals surface area contributed by atoms with Gasteiger partial charge in [-0.1, -0.05) is 6.07 Å². The minimum absolute atomic E-state index is 0.128. The largest absolute Gasteiger partial charge is 0.507 e. The molecule has 3 rings (SSSR count). The maximum Gasteiger partial charge on any atom is 0.339 e. The molecule has 2 N–H and O–H groups in total. The molecule has 0 heterocycles. The monoisotopic (exact) mass is 354 g/mol. The molecule has 0 radical (unpaired) electrons. The van der Waals surface area contributed by atoms with Gasteiger partial charge in [0.05, 0.1) is 14.2 Å². The van der Waals surface area contributed by atoms with Crippen molar-refractivity contribution in [3.8, 4) is 17.2 Å². The minimum Gasteiger partial charge on any atom is -0.507 e. The van der Waals surface area contributed by atoms with Gasteiger partial charge in [-0.05, 0) is 54.3 Å². The van der Waals surface area contributed by atoms with Crippen molar-refractivity contribution in [1.82, 2.24) is 0 Å². The average Bonchev–Trinajstić information content (AvgIpc) is 2.64. The number of aryl methyl sites for hydroxylation is 1. The fourth-order valence-corrected chi connectivity index (χ4v) is 3.05. The molecule has 6 nitrogen and oxygen atoms in total. The van der Waals surface area contributed by atoms with Crippen molar-refractivity contribution in [3.63, 3.8) is 0 Å². The zero-order valence-electron chi connectivity index (χ0n) is 14.4. The molecular weight excluding hydrogens is 336 g/mol. The Hall–Kier alpha value is -3.28. The molecule has 1 aliphatic carbocycles. The molecule has 2 aromatic carbocycles. The molecule has 26 heavy (non-hydrogen) atoms. The molecule has 6 heteroatoms. The first kappa shape index (κ1) is 17.5. The first-order valence-electron chi connectivity index (χ1n) is 8.01. The Bertz CT molecular complexity index is 926. The van der Waals surface area contributed by atoms with Gasteiger partial charge < -0.3 is 19.7 Å². The summed E-state index contributed by atoms with van der Waals surface area (Å²) in [5.74, 6) is -0.594. The number of carboxylic acids is 1. The van der Waals surface area contributed by atoms with Crippen LogP contribution in [0.3, 0.4) is 0 Å². The van der Waals surface area contributed by atoms with E-state index in [9.17, 15) is 14.7 Å². The van der Waals surface area contributed by atoms with Gasteiger partial charge in [-0.25, -0.2) is 4.79 Å². The van der Waals surface area contributed by atoms with Crippen LogP contribution in [0.2, 0.25) is 0 Å². The van der Waals surface area contributed by atoms with Crippen molar-refractivity contribution >= 4 is 17.8 Å². The maximum absolute atomic E-state index is 12.8. The van der Waals surface area contributed by atoms with Gasteiger partial charge in [0.1, 0.15) is 11.3 Å². The van der Waals surface area contributed by atoms with E-state index in [1.54, 1.807) is 25.3 Å². The van der Waals surface area contributed by atoms with Crippen LogP contribution in [0.25, 0.3) is 6.08 Å². The summed E-state index contributed by atoms with van der Waals surface area (Å²) in [5, 5.41) is 18.7. The molecule has 2 aromatic rings. The minimum atomic E-state index is -1.22. The molecular formula is C20H18O6. The van der Waals surface area contributed by atoms with Crippen molar-refractivity contribution in [2.24, 2.45) is 0 Å². The van der Waals surface area contributed by atoms with Gasteiger partial charge in [-0.3, -0.25) is 4.79 Å². The Balaban J connectivity index is 2.00. The lowest BCUT2D eigenvalue weighted by molar-refractivity contribution is 0.0693. The quantitative estimate of drug-likeness (QED) is 0.818. The Kier molecular flexibility index (Phi) is 4.67. The predicted molar refractivity (Wildman–Crippen MR) is 95.2 cm³/mol. The normalized spacial score (nSPS) is 14.8. The van der Waals surface area contributed by atoms with E-state index in [-0.39, 0.29) is 17.1 Å². The zero-order chi connectivity index (χ0) is 18.8. The molecule has 0 fully saturated rings. The number of hydrogen-bond donors (Lipinski definition) is 2. The van der Waals surface area contributed by atoms with Crippen LogP contribution in [0.15, 0.2) is 35.9 Å². The van der Waals surface area contributed by atoms with E-state index in [4.69, 9.17) is 14.6 Å². The number of benzene rings is 2. The summed E-state index contributed by atoms with van der Waals surface area (Å²) >= 11 is 0. The highest BCUT2D eigenvalue weighted by molar-refractivity contribution is 6.13. The number of ketones is 1. The van der Waals surface area contributed by atoms with Gasteiger partial charge >= 0.3 is 5.97 Å². The molecule has 134 valence electrons. The number of ether oxygens (including phenoxy) is 2. The number of aromatic hydroxyl groups is 1. The third-order valence-electron chi connectivity index (χ3n) is 4.40. The van der Waals surface area contributed by atoms with E-state index in [2.05, 4.69) is 0 Å². The van der Waals surface area contributed by atoms with Crippen molar-refractivity contribution < 1.29 is 29.3 Å². The summed E-state index contributed by atoms with van der Waals surface area (Å²) in [6.45, 7) is 0. The van der Waals surface area contributed by atoms with Crippen LogP contribution in [0, 0.1) is 0 Å². The Morgan fingerprint density at radius 1 is 1.08 bits per heavy atom. The first-order valence-corrected chi connectivity index (χ1v) is 8.01. The van der Waals surface area contributed by atoms with Gasteiger partial charge in [0.2, 0.25) is 0 Å². The average molecular weight is 354 g/mol. The Morgan fingerprint density at radius 2 is 1.77 bits per heavy atom. The topological polar surface area (TPSA) is 93.1 Å². The number of Topliss-reactive ketones (excluding diaryl/α,β-unsaturated/α-hetero) is 1. The van der Waals surface area contributed by atoms with Crippen LogP contribution in [0.4, 0.5) is 0 Å². The van der Waals surface area contributed by atoms with E-state index < -0.39 is 5.97 Å². The SMILES string of the molecule is COc1cc2c(cc1OC)C(=O)C(=Cc1ccc(O)c(C(=O)O)c1)CC2. The van der Waals surface area contributed by atoms with E-state index in [1.807, 2.05) is 6.07 Å². The summed E-state index contributed by atoms with van der Waals surface area (Å²) < 4.78 is 10.5. The fraction of sp³-hybridized carbons (Fsp3) is 0.200. The number of carboxylic acid groups (broad SMARTS) is 1.